The molecule has 0 bridgehead atoms. The number of nitrogens with one attached hydrogen (secondary N) is 6. The van der Waals surface area contributed by atoms with Gasteiger partial charge < -0.3 is 90.1 Å². The highest BCUT2D eigenvalue weighted by Crippen LogP contribution is 2.42. The third kappa shape index (κ3) is 46.6. The van der Waals surface area contributed by atoms with Crippen LogP contribution < -0.4 is 31.9 Å². The van der Waals surface area contributed by atoms with Crippen LogP contribution in [0.15, 0.2) is 0 Å². The van der Waals surface area contributed by atoms with Gasteiger partial charge in [-0.3, -0.25) is 47.4 Å². The largest absolute Gasteiger partial charge is 0.470 e. The number of carbonyl (C=O) groups is 8. The summed E-state index contributed by atoms with van der Waals surface area (Å²) >= 11 is 0. The van der Waals surface area contributed by atoms with Crippen LogP contribution in [0.4, 0.5) is 0 Å². The minimum Gasteiger partial charge on any atom is -0.456 e. The fraction of sp³-hybridized carbons (Fsp3) is 0.886. The number of ether oxygens (including phenoxy) is 6. The van der Waals surface area contributed by atoms with E-state index in [1.165, 1.54) is 38.5 Å². The molecule has 0 radical (unpaired) electrons. The third-order valence-electron chi connectivity index (χ3n) is 17.8. The normalized spacial score (nSPS) is 20.6. The van der Waals surface area contributed by atoms with E-state index in [9.17, 15) is 77.3 Å². The van der Waals surface area contributed by atoms with Crippen molar-refractivity contribution in [3.63, 3.8) is 0 Å². The maximum absolute atomic E-state index is 14.0. The highest BCUT2D eigenvalue weighted by Gasteiger charge is 2.54. The van der Waals surface area contributed by atoms with E-state index in [1.54, 1.807) is 0 Å². The molecule has 102 heavy (non-hydrogen) atoms. The summed E-state index contributed by atoms with van der Waals surface area (Å²) in [6.45, 7) is 2.17. The fourth-order valence-corrected chi connectivity index (χ4v) is 13.0. The molecule has 2 rings (SSSR count). The van der Waals surface area contributed by atoms with Crippen LogP contribution in [-0.2, 0) is 85.0 Å². The Bertz CT molecular complexity index is 2410. The Kier molecular flexibility index (Phi) is 53.3. The molecule has 6 amide bonds. The lowest BCUT2D eigenvalue weighted by Gasteiger charge is -2.47. The molecule has 2 aliphatic heterocycles. The minimum atomic E-state index is -5.61. The van der Waals surface area contributed by atoms with Gasteiger partial charge in [-0.05, 0) is 25.7 Å². The van der Waals surface area contributed by atoms with Crippen LogP contribution in [0.25, 0.3) is 0 Å². The maximum Gasteiger partial charge on any atom is 0.470 e. The lowest BCUT2D eigenvalue weighted by Crippen LogP contribution is -2.68. The van der Waals surface area contributed by atoms with Crippen LogP contribution in [0.5, 0.6) is 0 Å². The van der Waals surface area contributed by atoms with Gasteiger partial charge in [0, 0.05) is 25.7 Å². The Labute approximate surface area is 605 Å². The van der Waals surface area contributed by atoms with Gasteiger partial charge in [0.2, 0.25) is 35.4 Å². The first kappa shape index (κ1) is 93.8. The molecule has 594 valence electrons. The molecule has 2 fully saturated rings. The van der Waals surface area contributed by atoms with Crippen LogP contribution in [-0.4, -0.2) is 191 Å². The van der Waals surface area contributed by atoms with Gasteiger partial charge in [-0.15, -0.1) is 0 Å². The average molecular weight is 1500 g/mol. The summed E-state index contributed by atoms with van der Waals surface area (Å²) in [5, 5.41) is 38.2. The Morgan fingerprint density at radius 3 is 1.03 bits per heavy atom. The Morgan fingerprint density at radius 2 is 0.686 bits per heavy atom. The Balaban J connectivity index is 2.57. The predicted octanol–water partition coefficient (Wildman–Crippen LogP) is 8.35. The molecule has 0 aromatic rings. The number of amides is 6. The van der Waals surface area contributed by atoms with E-state index in [-0.39, 0.29) is 25.7 Å². The van der Waals surface area contributed by atoms with E-state index < -0.39 is 177 Å². The van der Waals surface area contributed by atoms with Gasteiger partial charge in [-0.2, -0.15) is 0 Å². The number of phosphoric acid groups is 2. The molecule has 2 aliphatic rings. The quantitative estimate of drug-likeness (QED) is 0.0154. The van der Waals surface area contributed by atoms with Crippen molar-refractivity contribution in [3.05, 3.63) is 0 Å². The summed E-state index contributed by atoms with van der Waals surface area (Å²) in [7, 11) is -10.7. The second-order valence-electron chi connectivity index (χ2n) is 26.9. The van der Waals surface area contributed by atoms with Crippen molar-refractivity contribution >= 4 is 63.0 Å². The van der Waals surface area contributed by atoms with Crippen molar-refractivity contribution in [1.29, 1.82) is 0 Å². The molecule has 32 heteroatoms. The van der Waals surface area contributed by atoms with Gasteiger partial charge in [0.05, 0.1) is 39.5 Å². The Morgan fingerprint density at radius 1 is 0.373 bits per heavy atom. The standard InChI is InChI=1S/C70H130N6O24P2/c1-5-9-13-17-21-25-29-33-37-41-55(78)71-47-59(82)75-63-67(98-61(84)49-73-57(80)43-39-35-31-27-23-19-15-11-7-3)65(86)54(97-69(63)93-45-46-95-101(87,88)89)52-94-70-64(76-60(83)48-72-56(79)42-38-34-30-26-22-18-14-10-6-2)68(66(53(51-77)96-70)100-102(90,91)92)99-62(85)50-74-58(81)44-40-36-32-28-24-20-16-12-8-4/h53-54,63-70,77,86H,5-52H2,1-4H3,(H,71,78)(H,72,79)(H,73,80)(H,74,81)(H,75,82)(H,76,83)(H2,87,88,89)(H2,90,91,92)/t53-,54-,63-,64-,65-,66-,67-,68-,69+,70-/m1/s1. The first-order valence-electron chi connectivity index (χ1n) is 38.3. The monoisotopic (exact) mass is 1500 g/mol. The summed E-state index contributed by atoms with van der Waals surface area (Å²) in [5.74, 6) is -6.19. The molecule has 2 saturated heterocycles. The fourth-order valence-electron chi connectivity index (χ4n) is 12.1. The minimum absolute atomic E-state index is 0.0549. The lowest BCUT2D eigenvalue weighted by atomic mass is 9.95. The molecule has 0 unspecified atom stereocenters. The molecule has 0 spiro atoms. The average Bonchev–Trinajstić information content (AvgIpc) is 0.782. The summed E-state index contributed by atoms with van der Waals surface area (Å²) in [4.78, 5) is 147. The van der Waals surface area contributed by atoms with Gasteiger partial charge in [-0.25, -0.2) is 9.13 Å². The van der Waals surface area contributed by atoms with Crippen LogP contribution in [0.1, 0.15) is 285 Å². The topological polar surface area (TPSA) is 438 Å². The second kappa shape index (κ2) is 57.9. The number of phosphoric ester groups is 2. The van der Waals surface area contributed by atoms with E-state index in [0.717, 1.165) is 167 Å². The van der Waals surface area contributed by atoms with Gasteiger partial charge in [0.25, 0.3) is 0 Å². The lowest BCUT2D eigenvalue weighted by molar-refractivity contribution is -0.304. The van der Waals surface area contributed by atoms with E-state index in [4.69, 9.17) is 32.9 Å². The molecule has 0 saturated carbocycles. The van der Waals surface area contributed by atoms with Gasteiger partial charge in [0.1, 0.15) is 49.6 Å². The molecular formula is C70H130N6O24P2. The van der Waals surface area contributed by atoms with Crippen LogP contribution in [0.3, 0.4) is 0 Å². The summed E-state index contributed by atoms with van der Waals surface area (Å²) < 4.78 is 70.0. The highest BCUT2D eigenvalue weighted by atomic mass is 31.2. The molecule has 0 aromatic heterocycles. The zero-order chi connectivity index (χ0) is 75.2. The van der Waals surface area contributed by atoms with Crippen molar-refractivity contribution in [2.75, 3.05) is 52.6 Å². The smallest absolute Gasteiger partial charge is 0.456 e. The van der Waals surface area contributed by atoms with Gasteiger partial charge >= 0.3 is 27.6 Å². The van der Waals surface area contributed by atoms with E-state index in [2.05, 4.69) is 64.1 Å². The van der Waals surface area contributed by atoms with Crippen molar-refractivity contribution in [2.45, 2.75) is 346 Å². The SMILES string of the molecule is CCCCCCCCCCCC(=O)NCC(=O)N[C@H]1[C@H](OC[C@H]2O[C@H](OCCOP(=O)(O)O)[C@H](NC(=O)CNC(=O)CCCCCCCCCCC)[C@@H](OC(=O)CNC(=O)CCCCCCCCCCC)[C@@H]2O)O[C@H](CO)[C@@H](OP(=O)(O)O)[C@@H]1OC(=O)CNC(=O)CCCCCCCCCCC. The Hall–Kier alpha value is -4.26. The van der Waals surface area contributed by atoms with Gasteiger partial charge in [-0.1, -0.05) is 233 Å². The highest BCUT2D eigenvalue weighted by molar-refractivity contribution is 7.46. The summed E-state index contributed by atoms with van der Waals surface area (Å²) in [6.07, 6.45) is 20.4. The van der Waals surface area contributed by atoms with Gasteiger partial charge in [0.15, 0.2) is 24.8 Å². The van der Waals surface area contributed by atoms with Crippen LogP contribution in [0, 0.1) is 0 Å². The maximum atomic E-state index is 14.0. The second-order valence-corrected chi connectivity index (χ2v) is 29.3. The predicted molar refractivity (Wildman–Crippen MR) is 380 cm³/mol. The molecular weight excluding hydrogens is 1370 g/mol. The number of unbranched alkanes of at least 4 members (excludes halogenated alkanes) is 32. The van der Waals surface area contributed by atoms with E-state index >= 15 is 0 Å². The molecule has 12 N–H and O–H groups in total. The van der Waals surface area contributed by atoms with Crippen molar-refractivity contribution in [1.82, 2.24) is 31.9 Å². The number of aliphatic hydroxyl groups excluding tert-OH is 2. The number of hydrogen-bond acceptors (Lipinski definition) is 20. The number of esters is 2. The van der Waals surface area contributed by atoms with Crippen molar-refractivity contribution in [2.24, 2.45) is 0 Å². The molecule has 30 nitrogen and oxygen atoms in total. The number of hydrogen-bond donors (Lipinski definition) is 12. The molecule has 10 atom stereocenters. The number of rotatable bonds is 63. The third-order valence-corrected chi connectivity index (χ3v) is 18.8. The van der Waals surface area contributed by atoms with Crippen molar-refractivity contribution < 1.29 is 115 Å². The van der Waals surface area contributed by atoms with E-state index in [0.29, 0.717) is 25.7 Å². The molecule has 0 aliphatic carbocycles. The molecule has 0 aromatic carbocycles. The molecule has 2 heterocycles. The summed E-state index contributed by atoms with van der Waals surface area (Å²) in [5.41, 5.74) is 0. The van der Waals surface area contributed by atoms with Crippen molar-refractivity contribution in [3.8, 4) is 0 Å². The first-order valence-corrected chi connectivity index (χ1v) is 41.3. The number of carbonyl (C=O) groups excluding carboxylic acids is 8. The van der Waals surface area contributed by atoms with Crippen LogP contribution >= 0.6 is 15.6 Å². The number of aliphatic hydroxyl groups is 2. The zero-order valence-corrected chi connectivity index (χ0v) is 63.4. The van der Waals surface area contributed by atoms with Crippen LogP contribution in [0.2, 0.25) is 0 Å². The zero-order valence-electron chi connectivity index (χ0n) is 61.6. The first-order chi connectivity index (χ1) is 48.9. The van der Waals surface area contributed by atoms with E-state index in [1.807, 2.05) is 0 Å². The summed E-state index contributed by atoms with van der Waals surface area (Å²) in [6, 6.07) is -3.62.